The minimum Gasteiger partial charge on any atom is -0.309 e. The van der Waals surface area contributed by atoms with Gasteiger partial charge in [0.1, 0.15) is 0 Å². The van der Waals surface area contributed by atoms with Gasteiger partial charge in [-0.15, -0.1) is 0 Å². The molecule has 0 aliphatic rings. The zero-order valence-electron chi connectivity index (χ0n) is 34.1. The Hall–Kier alpha value is -8.20. The molecule has 11 aromatic rings. The Morgan fingerprint density at radius 1 is 0.258 bits per heavy atom. The summed E-state index contributed by atoms with van der Waals surface area (Å²) < 4.78 is 2.51. The molecule has 10 aromatic carbocycles. The number of aromatic nitrogens is 1. The summed E-state index contributed by atoms with van der Waals surface area (Å²) in [6.45, 7) is 0. The summed E-state index contributed by atoms with van der Waals surface area (Å²) in [5, 5.41) is 2.36. The fourth-order valence-corrected chi connectivity index (χ4v) is 9.22. The Morgan fingerprint density at radius 3 is 1.29 bits per heavy atom. The summed E-state index contributed by atoms with van der Waals surface area (Å²) in [6, 6.07) is 92.2. The number of fused-ring (bicyclic) bond motifs is 3. The van der Waals surface area contributed by atoms with Gasteiger partial charge in [0.2, 0.25) is 0 Å². The predicted molar refractivity (Wildman–Crippen MR) is 263 cm³/mol. The number of nitrogens with zero attached hydrogens (tertiary/aromatic N) is 2. The molecule has 292 valence electrons. The number of anilines is 3. The molecule has 0 N–H and O–H groups in total. The van der Waals surface area contributed by atoms with E-state index in [2.05, 4.69) is 264 Å². The van der Waals surface area contributed by atoms with Crippen LogP contribution >= 0.6 is 0 Å². The summed E-state index contributed by atoms with van der Waals surface area (Å²) in [6.07, 6.45) is 0. The third-order valence-electron chi connectivity index (χ3n) is 12.0. The van der Waals surface area contributed by atoms with Crippen molar-refractivity contribution >= 4 is 38.9 Å². The lowest BCUT2D eigenvalue weighted by molar-refractivity contribution is 1.18. The molecule has 2 nitrogen and oxygen atoms in total. The van der Waals surface area contributed by atoms with Gasteiger partial charge in [-0.05, 0) is 69.8 Å². The van der Waals surface area contributed by atoms with Gasteiger partial charge in [0.05, 0.1) is 33.8 Å². The molecule has 0 bridgehead atoms. The highest BCUT2D eigenvalue weighted by Crippen LogP contribution is 2.50. The normalized spacial score (nSPS) is 11.2. The SMILES string of the molecule is c1ccc(-c2ccc(N(c3ccccc3-c3ccccc3)c3cccc4c3c3ccccc3n4-c3c(-c4ccccc4)cccc3-c3ccccc3)c(-c3ccccc3)c2)cc1. The van der Waals surface area contributed by atoms with Crippen LogP contribution in [0.3, 0.4) is 0 Å². The summed E-state index contributed by atoms with van der Waals surface area (Å²) in [5.41, 5.74) is 18.4. The molecule has 2 heteroatoms. The topological polar surface area (TPSA) is 8.17 Å². The van der Waals surface area contributed by atoms with Crippen molar-refractivity contribution in [3.63, 3.8) is 0 Å². The van der Waals surface area contributed by atoms with Crippen LogP contribution in [-0.4, -0.2) is 4.57 Å². The molecule has 0 unspecified atom stereocenters. The third kappa shape index (κ3) is 6.56. The second kappa shape index (κ2) is 16.1. The van der Waals surface area contributed by atoms with E-state index in [0.717, 1.165) is 56.0 Å². The zero-order valence-corrected chi connectivity index (χ0v) is 34.1. The van der Waals surface area contributed by atoms with Crippen molar-refractivity contribution in [2.75, 3.05) is 4.90 Å². The van der Waals surface area contributed by atoms with Crippen LogP contribution in [0.25, 0.3) is 83.1 Å². The minimum absolute atomic E-state index is 1.10. The first-order chi connectivity index (χ1) is 30.8. The highest BCUT2D eigenvalue weighted by Gasteiger charge is 2.27. The van der Waals surface area contributed by atoms with Gasteiger partial charge >= 0.3 is 0 Å². The lowest BCUT2D eigenvalue weighted by Gasteiger charge is -2.31. The molecular formula is C60H42N2. The van der Waals surface area contributed by atoms with E-state index < -0.39 is 0 Å². The first kappa shape index (κ1) is 36.8. The molecule has 1 heterocycles. The highest BCUT2D eigenvalue weighted by molar-refractivity contribution is 6.18. The average Bonchev–Trinajstić information content (AvgIpc) is 3.70. The fourth-order valence-electron chi connectivity index (χ4n) is 9.22. The molecule has 1 aromatic heterocycles. The Labute approximate surface area is 362 Å². The van der Waals surface area contributed by atoms with Gasteiger partial charge in [-0.2, -0.15) is 0 Å². The van der Waals surface area contributed by atoms with E-state index >= 15 is 0 Å². The van der Waals surface area contributed by atoms with Crippen molar-refractivity contribution in [3.8, 4) is 61.3 Å². The van der Waals surface area contributed by atoms with E-state index in [1.165, 1.54) is 44.2 Å². The Kier molecular flexibility index (Phi) is 9.57. The Bertz CT molecular complexity index is 3260. The van der Waals surface area contributed by atoms with Crippen LogP contribution in [-0.2, 0) is 0 Å². The van der Waals surface area contributed by atoms with Crippen LogP contribution in [0.1, 0.15) is 0 Å². The maximum atomic E-state index is 2.51. The Morgan fingerprint density at radius 2 is 0.677 bits per heavy atom. The number of hydrogen-bond acceptors (Lipinski definition) is 1. The monoisotopic (exact) mass is 790 g/mol. The smallest absolute Gasteiger partial charge is 0.0618 e. The van der Waals surface area contributed by atoms with E-state index in [0.29, 0.717) is 0 Å². The second-order valence-electron chi connectivity index (χ2n) is 15.6. The molecule has 0 radical (unpaired) electrons. The van der Waals surface area contributed by atoms with E-state index in [-0.39, 0.29) is 0 Å². The molecule has 0 fully saturated rings. The average molecular weight is 791 g/mol. The van der Waals surface area contributed by atoms with Crippen LogP contribution in [0.2, 0.25) is 0 Å². The van der Waals surface area contributed by atoms with Crippen molar-refractivity contribution < 1.29 is 0 Å². The van der Waals surface area contributed by atoms with Crippen LogP contribution in [0.15, 0.2) is 255 Å². The molecule has 0 spiro atoms. The molecule has 0 aliphatic heterocycles. The van der Waals surface area contributed by atoms with Crippen molar-refractivity contribution in [2.24, 2.45) is 0 Å². The largest absolute Gasteiger partial charge is 0.309 e. The van der Waals surface area contributed by atoms with Gasteiger partial charge in [0.15, 0.2) is 0 Å². The lowest BCUT2D eigenvalue weighted by Crippen LogP contribution is -2.13. The van der Waals surface area contributed by atoms with E-state index in [1.807, 2.05) is 0 Å². The molecule has 0 amide bonds. The quantitative estimate of drug-likeness (QED) is 0.141. The molecule has 0 saturated carbocycles. The summed E-state index contributed by atoms with van der Waals surface area (Å²) in [7, 11) is 0. The maximum absolute atomic E-state index is 2.51. The van der Waals surface area contributed by atoms with Gasteiger partial charge in [-0.25, -0.2) is 0 Å². The van der Waals surface area contributed by atoms with Crippen LogP contribution in [0, 0.1) is 0 Å². The maximum Gasteiger partial charge on any atom is 0.0618 e. The van der Waals surface area contributed by atoms with Crippen molar-refractivity contribution in [3.05, 3.63) is 255 Å². The van der Waals surface area contributed by atoms with Crippen molar-refractivity contribution in [1.29, 1.82) is 0 Å². The molecule has 11 rings (SSSR count). The number of rotatable bonds is 9. The molecule has 62 heavy (non-hydrogen) atoms. The zero-order chi connectivity index (χ0) is 41.2. The van der Waals surface area contributed by atoms with Gasteiger partial charge in [0.25, 0.3) is 0 Å². The highest BCUT2D eigenvalue weighted by atomic mass is 15.2. The van der Waals surface area contributed by atoms with Gasteiger partial charge in [-0.1, -0.05) is 218 Å². The van der Waals surface area contributed by atoms with E-state index in [9.17, 15) is 0 Å². The first-order valence-electron chi connectivity index (χ1n) is 21.3. The van der Waals surface area contributed by atoms with Gasteiger partial charge in [-0.3, -0.25) is 0 Å². The van der Waals surface area contributed by atoms with Crippen molar-refractivity contribution in [1.82, 2.24) is 4.57 Å². The van der Waals surface area contributed by atoms with Gasteiger partial charge < -0.3 is 9.47 Å². The summed E-state index contributed by atoms with van der Waals surface area (Å²) in [4.78, 5) is 2.51. The van der Waals surface area contributed by atoms with Gasteiger partial charge in [0, 0.05) is 33.0 Å². The molecular weight excluding hydrogens is 749 g/mol. The number of para-hydroxylation sites is 3. The molecule has 0 aliphatic carbocycles. The third-order valence-corrected chi connectivity index (χ3v) is 12.0. The minimum atomic E-state index is 1.10. The Balaban J connectivity index is 1.26. The summed E-state index contributed by atoms with van der Waals surface area (Å²) in [5.74, 6) is 0. The van der Waals surface area contributed by atoms with Crippen LogP contribution in [0.4, 0.5) is 17.1 Å². The summed E-state index contributed by atoms with van der Waals surface area (Å²) >= 11 is 0. The lowest BCUT2D eigenvalue weighted by atomic mass is 9.95. The van der Waals surface area contributed by atoms with Crippen LogP contribution in [0.5, 0.6) is 0 Å². The fraction of sp³-hybridized carbons (Fsp3) is 0. The first-order valence-corrected chi connectivity index (χ1v) is 21.3. The van der Waals surface area contributed by atoms with Crippen LogP contribution < -0.4 is 4.90 Å². The molecule has 0 saturated heterocycles. The predicted octanol–water partition coefficient (Wildman–Crippen LogP) is 16.6. The van der Waals surface area contributed by atoms with E-state index in [4.69, 9.17) is 0 Å². The number of hydrogen-bond donors (Lipinski definition) is 0. The standard InChI is InChI=1S/C60H42N2/c1-6-22-43(23-7-1)48-40-41-56(53(42-48)47-30-14-5-15-31-47)61(54-36-18-16-32-49(54)44-24-8-2-9-25-44)57-38-21-39-58-59(57)52-33-17-19-37-55(52)62(58)60-50(45-26-10-3-11-27-45)34-20-35-51(60)46-28-12-4-13-29-46/h1-42H. The molecule has 0 atom stereocenters. The number of benzene rings is 10. The van der Waals surface area contributed by atoms with E-state index in [1.54, 1.807) is 0 Å². The van der Waals surface area contributed by atoms with Crippen molar-refractivity contribution in [2.45, 2.75) is 0 Å². The second-order valence-corrected chi connectivity index (χ2v) is 15.6.